The van der Waals surface area contributed by atoms with Crippen LogP contribution >= 0.6 is 11.6 Å². The lowest BCUT2D eigenvalue weighted by Gasteiger charge is -2.39. The van der Waals surface area contributed by atoms with Gasteiger partial charge in [-0.1, -0.05) is 29.8 Å². The molecule has 1 fully saturated rings. The zero-order valence-electron chi connectivity index (χ0n) is 13.5. The Balaban J connectivity index is 1.63. The third kappa shape index (κ3) is 3.52. The van der Waals surface area contributed by atoms with E-state index in [4.69, 9.17) is 16.7 Å². The second kappa shape index (κ2) is 7.20. The van der Waals surface area contributed by atoms with E-state index in [0.29, 0.717) is 0 Å². The number of aromatic carboxylic acids is 1. The maximum absolute atomic E-state index is 10.9. The average molecular weight is 346 g/mol. The fourth-order valence-corrected chi connectivity index (χ4v) is 3.34. The number of pyridine rings is 1. The van der Waals surface area contributed by atoms with Crippen molar-refractivity contribution in [3.8, 4) is 0 Å². The van der Waals surface area contributed by atoms with Crippen LogP contribution in [0.15, 0.2) is 42.6 Å². The number of aromatic nitrogens is 1. The van der Waals surface area contributed by atoms with Crippen molar-refractivity contribution in [1.82, 2.24) is 9.88 Å². The largest absolute Gasteiger partial charge is 0.478 e. The molecule has 2 aromatic rings. The summed E-state index contributed by atoms with van der Waals surface area (Å²) in [5.74, 6) is -0.127. The number of rotatable bonds is 4. The molecular formula is C18H20ClN3O2. The van der Waals surface area contributed by atoms with Crippen LogP contribution in [0.3, 0.4) is 0 Å². The molecule has 1 aliphatic rings. The van der Waals surface area contributed by atoms with E-state index in [9.17, 15) is 4.79 Å². The lowest BCUT2D eigenvalue weighted by molar-refractivity contribution is 0.0696. The minimum absolute atomic E-state index is 0.213. The molecule has 0 saturated carbocycles. The number of piperazine rings is 1. The standard InChI is InChI=1S/C18H20ClN3O2/c1-13(15-4-2-3-5-16(15)19)21-8-10-22(11-9-21)17-7-6-14(12-20-17)18(23)24/h2-7,12-13H,8-11H2,1H3,(H,23,24). The van der Waals surface area contributed by atoms with Gasteiger partial charge in [-0.3, -0.25) is 4.90 Å². The lowest BCUT2D eigenvalue weighted by atomic mass is 10.1. The van der Waals surface area contributed by atoms with E-state index in [1.807, 2.05) is 18.2 Å². The molecule has 0 amide bonds. The second-order valence-electron chi connectivity index (χ2n) is 5.93. The van der Waals surface area contributed by atoms with E-state index in [2.05, 4.69) is 27.8 Å². The molecule has 1 unspecified atom stereocenters. The van der Waals surface area contributed by atoms with Gasteiger partial charge in [0.2, 0.25) is 0 Å². The minimum Gasteiger partial charge on any atom is -0.478 e. The van der Waals surface area contributed by atoms with Crippen LogP contribution in [-0.2, 0) is 0 Å². The van der Waals surface area contributed by atoms with E-state index in [0.717, 1.165) is 42.6 Å². The van der Waals surface area contributed by atoms with Crippen molar-refractivity contribution >= 4 is 23.4 Å². The Hall–Kier alpha value is -2.11. The van der Waals surface area contributed by atoms with E-state index in [1.165, 1.54) is 6.20 Å². The van der Waals surface area contributed by atoms with Gasteiger partial charge in [-0.15, -0.1) is 0 Å². The highest BCUT2D eigenvalue weighted by molar-refractivity contribution is 6.31. The second-order valence-corrected chi connectivity index (χ2v) is 6.34. The molecule has 3 rings (SSSR count). The van der Waals surface area contributed by atoms with Crippen molar-refractivity contribution in [1.29, 1.82) is 0 Å². The van der Waals surface area contributed by atoms with E-state index in [1.54, 1.807) is 12.1 Å². The minimum atomic E-state index is -0.951. The van der Waals surface area contributed by atoms with Crippen LogP contribution in [0.4, 0.5) is 5.82 Å². The topological polar surface area (TPSA) is 56.7 Å². The summed E-state index contributed by atoms with van der Waals surface area (Å²) in [7, 11) is 0. The Labute approximate surface area is 146 Å². The number of nitrogens with zero attached hydrogens (tertiary/aromatic N) is 3. The Morgan fingerprint density at radius 3 is 2.46 bits per heavy atom. The molecule has 1 atom stereocenters. The van der Waals surface area contributed by atoms with Crippen molar-refractivity contribution in [3.05, 3.63) is 58.7 Å². The normalized spacial score (nSPS) is 16.8. The first-order valence-corrected chi connectivity index (χ1v) is 8.37. The molecule has 0 spiro atoms. The third-order valence-corrected chi connectivity index (χ3v) is 4.88. The van der Waals surface area contributed by atoms with Crippen LogP contribution in [-0.4, -0.2) is 47.1 Å². The summed E-state index contributed by atoms with van der Waals surface area (Å²) in [6.07, 6.45) is 1.41. The molecule has 2 heterocycles. The molecule has 1 aliphatic heterocycles. The molecule has 0 radical (unpaired) electrons. The molecule has 6 heteroatoms. The number of halogens is 1. The Bertz CT molecular complexity index is 712. The summed E-state index contributed by atoms with van der Waals surface area (Å²) in [6, 6.07) is 11.6. The lowest BCUT2D eigenvalue weighted by Crippen LogP contribution is -2.47. The van der Waals surface area contributed by atoms with Crippen molar-refractivity contribution < 1.29 is 9.90 Å². The molecule has 0 bridgehead atoms. The number of hydrogen-bond acceptors (Lipinski definition) is 4. The first-order valence-electron chi connectivity index (χ1n) is 7.99. The Morgan fingerprint density at radius 2 is 1.88 bits per heavy atom. The summed E-state index contributed by atoms with van der Waals surface area (Å²) in [5, 5.41) is 9.75. The van der Waals surface area contributed by atoms with Crippen molar-refractivity contribution in [2.75, 3.05) is 31.1 Å². The van der Waals surface area contributed by atoms with E-state index < -0.39 is 5.97 Å². The Kier molecular flexibility index (Phi) is 5.02. The van der Waals surface area contributed by atoms with Crippen molar-refractivity contribution in [3.63, 3.8) is 0 Å². The predicted octanol–water partition coefficient (Wildman–Crippen LogP) is 3.32. The number of anilines is 1. The molecule has 5 nitrogen and oxygen atoms in total. The van der Waals surface area contributed by atoms with E-state index >= 15 is 0 Å². The first-order chi connectivity index (χ1) is 11.6. The summed E-state index contributed by atoms with van der Waals surface area (Å²) in [5.41, 5.74) is 1.36. The highest BCUT2D eigenvalue weighted by Crippen LogP contribution is 2.28. The molecule has 0 aliphatic carbocycles. The maximum atomic E-state index is 10.9. The molecule has 1 saturated heterocycles. The van der Waals surface area contributed by atoms with Crippen LogP contribution in [0.2, 0.25) is 5.02 Å². The quantitative estimate of drug-likeness (QED) is 0.921. The maximum Gasteiger partial charge on any atom is 0.337 e. The van der Waals surface area contributed by atoms with Gasteiger partial charge < -0.3 is 10.0 Å². The fraction of sp³-hybridized carbons (Fsp3) is 0.333. The van der Waals surface area contributed by atoms with E-state index in [-0.39, 0.29) is 11.6 Å². The van der Waals surface area contributed by atoms with Gasteiger partial charge >= 0.3 is 5.97 Å². The van der Waals surface area contributed by atoms with Gasteiger partial charge in [0.25, 0.3) is 0 Å². The zero-order chi connectivity index (χ0) is 17.1. The molecule has 1 aromatic heterocycles. The fourth-order valence-electron chi connectivity index (χ4n) is 3.05. The van der Waals surface area contributed by atoms with Gasteiger partial charge in [0.05, 0.1) is 5.56 Å². The summed E-state index contributed by atoms with van der Waals surface area (Å²) < 4.78 is 0. The van der Waals surface area contributed by atoms with Crippen LogP contribution in [0, 0.1) is 0 Å². The SMILES string of the molecule is CC(c1ccccc1Cl)N1CCN(c2ccc(C(=O)O)cn2)CC1. The number of carboxylic acids is 1. The van der Waals surface area contributed by atoms with Crippen molar-refractivity contribution in [2.24, 2.45) is 0 Å². The predicted molar refractivity (Wildman–Crippen MR) is 94.8 cm³/mol. The van der Waals surface area contributed by atoms with Crippen LogP contribution < -0.4 is 4.90 Å². The number of hydrogen-bond donors (Lipinski definition) is 1. The summed E-state index contributed by atoms with van der Waals surface area (Å²) in [6.45, 7) is 5.71. The number of benzene rings is 1. The molecular weight excluding hydrogens is 326 g/mol. The highest BCUT2D eigenvalue weighted by atomic mass is 35.5. The Morgan fingerprint density at radius 1 is 1.17 bits per heavy atom. The van der Waals surface area contributed by atoms with Crippen LogP contribution in [0.5, 0.6) is 0 Å². The van der Waals surface area contributed by atoms with Gasteiger partial charge in [0.1, 0.15) is 5.82 Å². The number of carbonyl (C=O) groups is 1. The summed E-state index contributed by atoms with van der Waals surface area (Å²) >= 11 is 6.31. The van der Waals surface area contributed by atoms with Gasteiger partial charge in [0.15, 0.2) is 0 Å². The zero-order valence-corrected chi connectivity index (χ0v) is 14.3. The molecule has 1 N–H and O–H groups in total. The summed E-state index contributed by atoms with van der Waals surface area (Å²) in [4.78, 5) is 19.8. The van der Waals surface area contributed by atoms with Gasteiger partial charge in [0, 0.05) is 43.4 Å². The smallest absolute Gasteiger partial charge is 0.337 e. The van der Waals surface area contributed by atoms with Crippen molar-refractivity contribution in [2.45, 2.75) is 13.0 Å². The monoisotopic (exact) mass is 345 g/mol. The van der Waals surface area contributed by atoms with Gasteiger partial charge in [-0.2, -0.15) is 0 Å². The van der Waals surface area contributed by atoms with Gasteiger partial charge in [-0.05, 0) is 30.7 Å². The van der Waals surface area contributed by atoms with Crippen LogP contribution in [0.1, 0.15) is 28.9 Å². The van der Waals surface area contributed by atoms with Crippen LogP contribution in [0.25, 0.3) is 0 Å². The third-order valence-electron chi connectivity index (χ3n) is 4.54. The average Bonchev–Trinajstić information content (AvgIpc) is 2.62. The molecule has 24 heavy (non-hydrogen) atoms. The van der Waals surface area contributed by atoms with Gasteiger partial charge in [-0.25, -0.2) is 9.78 Å². The molecule has 1 aromatic carbocycles. The highest BCUT2D eigenvalue weighted by Gasteiger charge is 2.23. The molecule has 126 valence electrons. The first kappa shape index (κ1) is 16.7. The number of carboxylic acid groups (broad SMARTS) is 1.